The lowest BCUT2D eigenvalue weighted by atomic mass is 10.2. The molecule has 26 heavy (non-hydrogen) atoms. The van der Waals surface area contributed by atoms with Crippen LogP contribution in [0.3, 0.4) is 0 Å². The quantitative estimate of drug-likeness (QED) is 0.674. The minimum Gasteiger partial charge on any atom is -0.323 e. The molecule has 132 valence electrons. The largest absolute Gasteiger partial charge is 0.323 e. The smallest absolute Gasteiger partial charge is 0.244 e. The Kier molecular flexibility index (Phi) is 4.48. The third-order valence-corrected chi connectivity index (χ3v) is 5.71. The third-order valence-electron chi connectivity index (χ3n) is 3.89. The fraction of sp³-hybridized carbons (Fsp3) is 0.176. The number of rotatable bonds is 4. The van der Waals surface area contributed by atoms with Gasteiger partial charge in [0, 0.05) is 0 Å². The Morgan fingerprint density at radius 1 is 1.31 bits per heavy atom. The topological polar surface area (TPSA) is 91.0 Å². The lowest BCUT2D eigenvalue weighted by Crippen LogP contribution is -2.45. The second kappa shape index (κ2) is 6.93. The summed E-state index contributed by atoms with van der Waals surface area (Å²) in [5.41, 5.74) is 1.35. The second-order valence-electron chi connectivity index (χ2n) is 5.69. The monoisotopic (exact) mass is 385 g/mol. The second-order valence-corrected chi connectivity index (χ2v) is 7.95. The van der Waals surface area contributed by atoms with E-state index in [1.54, 1.807) is 24.3 Å². The fourth-order valence-corrected chi connectivity index (χ4v) is 4.13. The first-order valence-corrected chi connectivity index (χ1v) is 9.71. The number of amides is 2. The molecule has 4 rings (SSSR count). The number of thioether (sulfide) groups is 1. The van der Waals surface area contributed by atoms with Gasteiger partial charge in [0.25, 0.3) is 0 Å². The standard InChI is InChI=1S/C17H15N5O2S2/c1-10(26-17-19-15(20-21-17)13-7-4-8-25-13)16(24)22-9-14(23)18-11-5-2-3-6-12(11)22/h2-8,10H,9H2,1H3,(H,18,23)(H,19,20,21)/t10-/m0/s1. The van der Waals surface area contributed by atoms with Crippen LogP contribution in [-0.2, 0) is 9.59 Å². The Morgan fingerprint density at radius 2 is 2.15 bits per heavy atom. The summed E-state index contributed by atoms with van der Waals surface area (Å²) >= 11 is 2.83. The number of thiophene rings is 1. The highest BCUT2D eigenvalue weighted by molar-refractivity contribution is 8.00. The van der Waals surface area contributed by atoms with Gasteiger partial charge in [-0.25, -0.2) is 4.98 Å². The molecule has 1 aliphatic rings. The number of benzene rings is 1. The molecule has 1 aliphatic heterocycles. The van der Waals surface area contributed by atoms with Crippen molar-refractivity contribution in [1.82, 2.24) is 15.2 Å². The first kappa shape index (κ1) is 16.8. The number of aromatic amines is 1. The molecule has 1 atom stereocenters. The minimum atomic E-state index is -0.430. The van der Waals surface area contributed by atoms with E-state index in [1.807, 2.05) is 35.7 Å². The number of fused-ring (bicyclic) bond motifs is 1. The van der Waals surface area contributed by atoms with Crippen LogP contribution < -0.4 is 10.2 Å². The molecular weight excluding hydrogens is 370 g/mol. The molecule has 3 aromatic rings. The number of H-pyrrole nitrogens is 1. The number of hydrogen-bond donors (Lipinski definition) is 2. The van der Waals surface area contributed by atoms with Crippen molar-refractivity contribution < 1.29 is 9.59 Å². The average molecular weight is 385 g/mol. The molecule has 2 N–H and O–H groups in total. The van der Waals surface area contributed by atoms with Gasteiger partial charge in [-0.3, -0.25) is 19.6 Å². The Morgan fingerprint density at radius 3 is 2.96 bits per heavy atom. The minimum absolute atomic E-state index is 0.00911. The predicted octanol–water partition coefficient (Wildman–Crippen LogP) is 3.00. The van der Waals surface area contributed by atoms with Gasteiger partial charge < -0.3 is 5.32 Å². The van der Waals surface area contributed by atoms with E-state index in [9.17, 15) is 9.59 Å². The van der Waals surface area contributed by atoms with E-state index < -0.39 is 5.25 Å². The summed E-state index contributed by atoms with van der Waals surface area (Å²) in [7, 11) is 0. The van der Waals surface area contributed by atoms with Crippen molar-refractivity contribution in [3.63, 3.8) is 0 Å². The summed E-state index contributed by atoms with van der Waals surface area (Å²) in [4.78, 5) is 31.8. The van der Waals surface area contributed by atoms with Crippen LogP contribution in [0.4, 0.5) is 11.4 Å². The van der Waals surface area contributed by atoms with Crippen LogP contribution in [0.1, 0.15) is 6.92 Å². The van der Waals surface area contributed by atoms with Crippen LogP contribution in [0.25, 0.3) is 10.7 Å². The van der Waals surface area contributed by atoms with E-state index in [4.69, 9.17) is 0 Å². The number of carbonyl (C=O) groups is 2. The number of nitrogens with one attached hydrogen (secondary N) is 2. The van der Waals surface area contributed by atoms with Gasteiger partial charge in [0.05, 0.1) is 21.5 Å². The van der Waals surface area contributed by atoms with Gasteiger partial charge in [-0.05, 0) is 30.5 Å². The predicted molar refractivity (Wildman–Crippen MR) is 102 cm³/mol. The van der Waals surface area contributed by atoms with Crippen LogP contribution >= 0.6 is 23.1 Å². The maximum Gasteiger partial charge on any atom is 0.244 e. The molecular formula is C17H15N5O2S2. The zero-order valence-electron chi connectivity index (χ0n) is 13.8. The number of nitrogens with zero attached hydrogens (tertiary/aromatic N) is 3. The van der Waals surface area contributed by atoms with Crippen molar-refractivity contribution in [3.8, 4) is 10.7 Å². The van der Waals surface area contributed by atoms with E-state index in [0.29, 0.717) is 22.4 Å². The summed E-state index contributed by atoms with van der Waals surface area (Å²) in [5, 5.41) is 11.9. The maximum absolute atomic E-state index is 12.9. The Balaban J connectivity index is 1.51. The van der Waals surface area contributed by atoms with Gasteiger partial charge in [0.15, 0.2) is 5.82 Å². The first-order chi connectivity index (χ1) is 12.6. The SMILES string of the molecule is C[C@H](Sc1n[nH]c(-c2cccs2)n1)C(=O)N1CC(=O)Nc2ccccc21. The van der Waals surface area contributed by atoms with E-state index in [0.717, 1.165) is 4.88 Å². The first-order valence-electron chi connectivity index (χ1n) is 7.95. The van der Waals surface area contributed by atoms with Gasteiger partial charge >= 0.3 is 0 Å². The molecule has 0 aliphatic carbocycles. The number of anilines is 2. The molecule has 1 aromatic carbocycles. The molecule has 3 heterocycles. The molecule has 0 saturated carbocycles. The molecule has 2 amide bonds. The van der Waals surface area contributed by atoms with Crippen LogP contribution in [-0.4, -0.2) is 38.8 Å². The normalized spacial score (nSPS) is 14.7. The highest BCUT2D eigenvalue weighted by atomic mass is 32.2. The van der Waals surface area contributed by atoms with E-state index in [2.05, 4.69) is 20.5 Å². The summed E-state index contributed by atoms with van der Waals surface area (Å²) in [6.07, 6.45) is 0. The molecule has 0 radical (unpaired) electrons. The average Bonchev–Trinajstić information content (AvgIpc) is 3.31. The van der Waals surface area contributed by atoms with Crippen molar-refractivity contribution in [2.24, 2.45) is 0 Å². The van der Waals surface area contributed by atoms with Crippen molar-refractivity contribution in [2.75, 3.05) is 16.8 Å². The Hall–Kier alpha value is -2.65. The lowest BCUT2D eigenvalue weighted by Gasteiger charge is -2.30. The molecule has 0 saturated heterocycles. The van der Waals surface area contributed by atoms with Crippen LogP contribution in [0.5, 0.6) is 0 Å². The number of aromatic nitrogens is 3. The van der Waals surface area contributed by atoms with Crippen molar-refractivity contribution in [1.29, 1.82) is 0 Å². The highest BCUT2D eigenvalue weighted by Crippen LogP contribution is 2.32. The van der Waals surface area contributed by atoms with Crippen molar-refractivity contribution >= 4 is 46.3 Å². The van der Waals surface area contributed by atoms with Gasteiger partial charge in [-0.2, -0.15) is 0 Å². The number of hydrogen-bond acceptors (Lipinski definition) is 6. The van der Waals surface area contributed by atoms with E-state index >= 15 is 0 Å². The van der Waals surface area contributed by atoms with E-state index in [-0.39, 0.29) is 18.4 Å². The molecule has 2 aromatic heterocycles. The summed E-state index contributed by atoms with van der Waals surface area (Å²) in [6, 6.07) is 11.2. The summed E-state index contributed by atoms with van der Waals surface area (Å²) in [5.74, 6) is 0.330. The zero-order chi connectivity index (χ0) is 18.1. The van der Waals surface area contributed by atoms with Crippen LogP contribution in [0.15, 0.2) is 46.9 Å². The Labute approximate surface area is 157 Å². The van der Waals surface area contributed by atoms with Crippen LogP contribution in [0.2, 0.25) is 0 Å². The van der Waals surface area contributed by atoms with Crippen LogP contribution in [0, 0.1) is 0 Å². The molecule has 0 fully saturated rings. The Bertz CT molecular complexity index is 954. The highest BCUT2D eigenvalue weighted by Gasteiger charge is 2.30. The number of para-hydroxylation sites is 2. The molecule has 7 nitrogen and oxygen atoms in total. The maximum atomic E-state index is 12.9. The molecule has 0 bridgehead atoms. The van der Waals surface area contributed by atoms with Gasteiger partial charge in [-0.1, -0.05) is 30.0 Å². The lowest BCUT2D eigenvalue weighted by molar-refractivity contribution is -0.121. The van der Waals surface area contributed by atoms with Crippen molar-refractivity contribution in [2.45, 2.75) is 17.3 Å². The third kappa shape index (κ3) is 3.23. The summed E-state index contributed by atoms with van der Waals surface area (Å²) in [6.45, 7) is 1.80. The van der Waals surface area contributed by atoms with Gasteiger partial charge in [0.2, 0.25) is 17.0 Å². The fourth-order valence-electron chi connectivity index (χ4n) is 2.68. The molecule has 9 heteroatoms. The van der Waals surface area contributed by atoms with E-state index in [1.165, 1.54) is 16.7 Å². The van der Waals surface area contributed by atoms with Crippen molar-refractivity contribution in [3.05, 3.63) is 41.8 Å². The molecule has 0 unspecified atom stereocenters. The zero-order valence-corrected chi connectivity index (χ0v) is 15.4. The van der Waals surface area contributed by atoms with Gasteiger partial charge in [-0.15, -0.1) is 16.4 Å². The molecule has 0 spiro atoms. The van der Waals surface area contributed by atoms with Gasteiger partial charge in [0.1, 0.15) is 6.54 Å². The summed E-state index contributed by atoms with van der Waals surface area (Å²) < 4.78 is 0. The number of carbonyl (C=O) groups excluding carboxylic acids is 2.